The molecule has 1 fully saturated rings. The smallest absolute Gasteiger partial charge is 0.409 e. The summed E-state index contributed by atoms with van der Waals surface area (Å²) >= 11 is 0. The molecule has 0 atom stereocenters. The zero-order chi connectivity index (χ0) is 16.7. The summed E-state index contributed by atoms with van der Waals surface area (Å²) in [6.07, 6.45) is 2.85. The molecule has 0 saturated carbocycles. The normalized spacial score (nSPS) is 14.5. The first-order valence-electron chi connectivity index (χ1n) is 7.66. The number of hydrogen-bond acceptors (Lipinski definition) is 6. The molecule has 23 heavy (non-hydrogen) atoms. The van der Waals surface area contributed by atoms with Crippen molar-refractivity contribution in [3.05, 3.63) is 33.9 Å². The second-order valence-electron chi connectivity index (χ2n) is 5.41. The van der Waals surface area contributed by atoms with Crippen LogP contribution in [0.4, 0.5) is 10.5 Å². The Labute approximate surface area is 134 Å². The fourth-order valence-corrected chi connectivity index (χ4v) is 2.49. The van der Waals surface area contributed by atoms with Gasteiger partial charge in [0.25, 0.3) is 5.69 Å². The maximum Gasteiger partial charge on any atom is 0.409 e. The number of rotatable bonds is 6. The molecule has 0 spiro atoms. The molecule has 2 rings (SSSR count). The molecule has 0 aromatic heterocycles. The topological polar surface area (TPSA) is 105 Å². The molecule has 1 aromatic rings. The second kappa shape index (κ2) is 8.33. The number of nitro groups is 1. The van der Waals surface area contributed by atoms with E-state index in [4.69, 9.17) is 4.74 Å². The van der Waals surface area contributed by atoms with E-state index in [1.165, 1.54) is 18.2 Å². The molecule has 8 heteroatoms. The lowest BCUT2D eigenvalue weighted by Crippen LogP contribution is -2.37. The molecule has 1 aliphatic rings. The summed E-state index contributed by atoms with van der Waals surface area (Å²) in [6.45, 7) is 2.27. The number of carbonyl (C=O) groups excluding carboxylic acids is 1. The van der Waals surface area contributed by atoms with Crippen molar-refractivity contribution in [3.63, 3.8) is 0 Å². The first-order valence-corrected chi connectivity index (χ1v) is 7.66. The van der Waals surface area contributed by atoms with E-state index >= 15 is 0 Å². The van der Waals surface area contributed by atoms with Gasteiger partial charge in [-0.2, -0.15) is 0 Å². The third-order valence-corrected chi connectivity index (χ3v) is 3.69. The number of phenolic OH excluding ortho intramolecular Hbond substituents is 1. The molecular formula is C15H21N3O5. The molecule has 0 unspecified atom stereocenters. The lowest BCUT2D eigenvalue weighted by molar-refractivity contribution is -0.385. The number of nitrogens with zero attached hydrogens (tertiary/aromatic N) is 2. The lowest BCUT2D eigenvalue weighted by Gasteiger charge is -2.25. The van der Waals surface area contributed by atoms with Crippen LogP contribution in [0.25, 0.3) is 0 Å². The fourth-order valence-electron chi connectivity index (χ4n) is 2.49. The summed E-state index contributed by atoms with van der Waals surface area (Å²) in [4.78, 5) is 23.9. The highest BCUT2D eigenvalue weighted by Crippen LogP contribution is 2.22. The Hall–Kier alpha value is -2.35. The minimum Gasteiger partial charge on any atom is -0.508 e. The number of likely N-dealkylation sites (tertiary alicyclic amines) is 1. The van der Waals surface area contributed by atoms with Crippen LogP contribution in [0.15, 0.2) is 18.2 Å². The number of ether oxygens (including phenoxy) is 1. The Morgan fingerprint density at radius 1 is 1.35 bits per heavy atom. The zero-order valence-corrected chi connectivity index (χ0v) is 12.9. The van der Waals surface area contributed by atoms with Crippen molar-refractivity contribution in [3.8, 4) is 5.75 Å². The standard InChI is InChI=1S/C15H21N3O5/c19-13-4-5-14(18(21)22)12(10-13)11-16-6-9-23-15(20)17-7-2-1-3-8-17/h4-5,10,16,19H,1-3,6-9,11H2. The van der Waals surface area contributed by atoms with Crippen LogP contribution in [0.3, 0.4) is 0 Å². The van der Waals surface area contributed by atoms with E-state index in [0.29, 0.717) is 12.1 Å². The molecule has 1 saturated heterocycles. The van der Waals surface area contributed by atoms with Crippen LogP contribution < -0.4 is 5.32 Å². The van der Waals surface area contributed by atoms with Gasteiger partial charge >= 0.3 is 6.09 Å². The monoisotopic (exact) mass is 323 g/mol. The number of nitro benzene ring substituents is 1. The molecule has 0 bridgehead atoms. The molecule has 126 valence electrons. The Morgan fingerprint density at radius 3 is 2.78 bits per heavy atom. The number of nitrogens with one attached hydrogen (secondary N) is 1. The summed E-state index contributed by atoms with van der Waals surface area (Å²) in [5.74, 6) is -0.0241. The van der Waals surface area contributed by atoms with Crippen molar-refractivity contribution in [1.82, 2.24) is 10.2 Å². The first-order chi connectivity index (χ1) is 11.1. The highest BCUT2D eigenvalue weighted by atomic mass is 16.6. The molecule has 1 aromatic carbocycles. The van der Waals surface area contributed by atoms with E-state index in [-0.39, 0.29) is 30.7 Å². The number of piperidine rings is 1. The van der Waals surface area contributed by atoms with Crippen molar-refractivity contribution in [1.29, 1.82) is 0 Å². The van der Waals surface area contributed by atoms with Crippen LogP contribution in [0.2, 0.25) is 0 Å². The van der Waals surface area contributed by atoms with Crippen LogP contribution in [0, 0.1) is 10.1 Å². The van der Waals surface area contributed by atoms with E-state index < -0.39 is 4.92 Å². The first kappa shape index (κ1) is 17.0. The maximum atomic E-state index is 11.8. The number of phenols is 1. The van der Waals surface area contributed by atoms with Crippen molar-refractivity contribution >= 4 is 11.8 Å². The van der Waals surface area contributed by atoms with E-state index in [9.17, 15) is 20.0 Å². The third kappa shape index (κ3) is 5.10. The highest BCUT2D eigenvalue weighted by Gasteiger charge is 2.17. The van der Waals surface area contributed by atoms with Crippen molar-refractivity contribution in [2.45, 2.75) is 25.8 Å². The molecule has 0 aliphatic carbocycles. The summed E-state index contributed by atoms with van der Waals surface area (Å²) in [6, 6.07) is 3.90. The van der Waals surface area contributed by atoms with Gasteiger partial charge in [0, 0.05) is 37.8 Å². The third-order valence-electron chi connectivity index (χ3n) is 3.69. The molecule has 1 amide bonds. The lowest BCUT2D eigenvalue weighted by atomic mass is 10.1. The van der Waals surface area contributed by atoms with Gasteiger partial charge in [-0.1, -0.05) is 0 Å². The number of benzene rings is 1. The molecular weight excluding hydrogens is 302 g/mol. The Morgan fingerprint density at radius 2 is 2.09 bits per heavy atom. The van der Waals surface area contributed by atoms with E-state index in [0.717, 1.165) is 32.4 Å². The molecule has 8 nitrogen and oxygen atoms in total. The Kier molecular flexibility index (Phi) is 6.16. The second-order valence-corrected chi connectivity index (χ2v) is 5.41. The van der Waals surface area contributed by atoms with Gasteiger partial charge in [-0.25, -0.2) is 4.79 Å². The van der Waals surface area contributed by atoms with Crippen molar-refractivity contribution < 1.29 is 19.6 Å². The van der Waals surface area contributed by atoms with Crippen molar-refractivity contribution in [2.75, 3.05) is 26.2 Å². The van der Waals surface area contributed by atoms with Crippen LogP contribution in [0.1, 0.15) is 24.8 Å². The zero-order valence-electron chi connectivity index (χ0n) is 12.9. The number of carbonyl (C=O) groups is 1. The van der Waals surface area contributed by atoms with Gasteiger partial charge in [-0.15, -0.1) is 0 Å². The number of hydrogen-bond donors (Lipinski definition) is 2. The quantitative estimate of drug-likeness (QED) is 0.471. The van der Waals surface area contributed by atoms with Crippen LogP contribution in [0.5, 0.6) is 5.75 Å². The Bertz CT molecular complexity index is 558. The van der Waals surface area contributed by atoms with Crippen molar-refractivity contribution in [2.24, 2.45) is 0 Å². The van der Waals surface area contributed by atoms with E-state index in [2.05, 4.69) is 5.32 Å². The summed E-state index contributed by atoms with van der Waals surface area (Å²) in [5, 5.41) is 23.3. The van der Waals surface area contributed by atoms with Crippen LogP contribution >= 0.6 is 0 Å². The largest absolute Gasteiger partial charge is 0.508 e. The number of aromatic hydroxyl groups is 1. The SMILES string of the molecule is O=C(OCCNCc1cc(O)ccc1[N+](=O)[O-])N1CCCCC1. The summed E-state index contributed by atoms with van der Waals surface area (Å²) in [5.41, 5.74) is 0.331. The molecule has 1 aliphatic heterocycles. The summed E-state index contributed by atoms with van der Waals surface area (Å²) in [7, 11) is 0. The predicted molar refractivity (Wildman–Crippen MR) is 83.2 cm³/mol. The van der Waals surface area contributed by atoms with Crippen LogP contribution in [-0.4, -0.2) is 47.3 Å². The highest BCUT2D eigenvalue weighted by molar-refractivity contribution is 5.67. The maximum absolute atomic E-state index is 11.8. The van der Waals surface area contributed by atoms with Gasteiger partial charge in [-0.3, -0.25) is 10.1 Å². The van der Waals surface area contributed by atoms with E-state index in [1.807, 2.05) is 0 Å². The van der Waals surface area contributed by atoms with Gasteiger partial charge in [0.05, 0.1) is 4.92 Å². The molecule has 1 heterocycles. The molecule has 2 N–H and O–H groups in total. The van der Waals surface area contributed by atoms with Gasteiger partial charge < -0.3 is 20.1 Å². The average Bonchev–Trinajstić information content (AvgIpc) is 2.55. The van der Waals surface area contributed by atoms with Crippen LogP contribution in [-0.2, 0) is 11.3 Å². The number of amides is 1. The van der Waals surface area contributed by atoms with E-state index in [1.54, 1.807) is 4.90 Å². The minimum atomic E-state index is -0.493. The van der Waals surface area contributed by atoms with Gasteiger partial charge in [-0.05, 0) is 31.4 Å². The minimum absolute atomic E-state index is 0.0241. The Balaban J connectivity index is 1.72. The average molecular weight is 323 g/mol. The summed E-state index contributed by atoms with van der Waals surface area (Å²) < 4.78 is 5.16. The van der Waals surface area contributed by atoms with Gasteiger partial charge in [0.15, 0.2) is 0 Å². The van der Waals surface area contributed by atoms with Gasteiger partial charge in [0.1, 0.15) is 12.4 Å². The van der Waals surface area contributed by atoms with Gasteiger partial charge in [0.2, 0.25) is 0 Å². The molecule has 0 radical (unpaired) electrons. The predicted octanol–water partition coefficient (Wildman–Crippen LogP) is 2.01. The fraction of sp³-hybridized carbons (Fsp3) is 0.533.